The van der Waals surface area contributed by atoms with Crippen molar-refractivity contribution in [3.8, 4) is 17.2 Å². The molecule has 0 N–H and O–H groups in total. The molecule has 0 aromatic heterocycles. The van der Waals surface area contributed by atoms with Crippen molar-refractivity contribution in [2.75, 3.05) is 20.3 Å². The van der Waals surface area contributed by atoms with Gasteiger partial charge in [-0.15, -0.1) is 0 Å². The van der Waals surface area contributed by atoms with E-state index in [-0.39, 0.29) is 18.2 Å². The molecule has 6 nitrogen and oxygen atoms in total. The van der Waals surface area contributed by atoms with Gasteiger partial charge in [0.25, 0.3) is 6.02 Å². The van der Waals surface area contributed by atoms with Gasteiger partial charge in [0.05, 0.1) is 25.3 Å². The molecule has 206 valence electrons. The minimum Gasteiger partial charge on any atom is -0.493 e. The Morgan fingerprint density at radius 1 is 0.949 bits per heavy atom. The number of aliphatic imine (C=N–C) groups is 1. The summed E-state index contributed by atoms with van der Waals surface area (Å²) >= 11 is 0. The molecule has 6 heteroatoms. The second-order valence-electron chi connectivity index (χ2n) is 11.0. The van der Waals surface area contributed by atoms with Crippen LogP contribution in [0.3, 0.4) is 0 Å². The molecule has 0 spiro atoms. The number of hydrogen-bond donors (Lipinski definition) is 0. The summed E-state index contributed by atoms with van der Waals surface area (Å²) in [5, 5.41) is 0. The number of amidine groups is 1. The Bertz CT molecular complexity index is 1270. The number of ether oxygens (including phenoxy) is 4. The van der Waals surface area contributed by atoms with Crippen LogP contribution in [0.2, 0.25) is 0 Å². The molecule has 0 unspecified atom stereocenters. The predicted molar refractivity (Wildman–Crippen MR) is 155 cm³/mol. The highest BCUT2D eigenvalue weighted by atomic mass is 16.5. The maximum atomic E-state index is 6.32. The number of rotatable bonds is 9. The third-order valence-electron chi connectivity index (χ3n) is 7.42. The van der Waals surface area contributed by atoms with Crippen LogP contribution in [0, 0.1) is 5.92 Å². The third kappa shape index (κ3) is 6.32. The Labute approximate surface area is 232 Å². The highest BCUT2D eigenvalue weighted by molar-refractivity contribution is 5.77. The largest absolute Gasteiger partial charge is 0.493 e. The summed E-state index contributed by atoms with van der Waals surface area (Å²) in [5.41, 5.74) is 4.86. The molecule has 0 aliphatic carbocycles. The van der Waals surface area contributed by atoms with E-state index in [1.807, 2.05) is 32.0 Å². The average molecular weight is 529 g/mol. The summed E-state index contributed by atoms with van der Waals surface area (Å²) in [6.07, 6.45) is 1.85. The van der Waals surface area contributed by atoms with E-state index in [1.54, 1.807) is 7.11 Å². The van der Waals surface area contributed by atoms with Gasteiger partial charge in [-0.3, -0.25) is 0 Å². The minimum atomic E-state index is 0.0558. The van der Waals surface area contributed by atoms with Crippen LogP contribution in [0.5, 0.6) is 17.2 Å². The van der Waals surface area contributed by atoms with Crippen molar-refractivity contribution in [2.24, 2.45) is 10.9 Å². The third-order valence-corrected chi connectivity index (χ3v) is 7.42. The Hall–Kier alpha value is -3.67. The molecule has 0 saturated heterocycles. The second kappa shape index (κ2) is 12.0. The highest BCUT2D eigenvalue weighted by Crippen LogP contribution is 2.41. The number of benzene rings is 3. The van der Waals surface area contributed by atoms with Gasteiger partial charge >= 0.3 is 0 Å². The number of hydrogen-bond acceptors (Lipinski definition) is 6. The molecule has 0 amide bonds. The molecule has 0 bridgehead atoms. The Morgan fingerprint density at radius 3 is 2.38 bits per heavy atom. The molecule has 39 heavy (non-hydrogen) atoms. The van der Waals surface area contributed by atoms with Gasteiger partial charge in [0.1, 0.15) is 19.0 Å². The van der Waals surface area contributed by atoms with Crippen molar-refractivity contribution in [1.82, 2.24) is 4.90 Å². The lowest BCUT2D eigenvalue weighted by molar-refractivity contribution is 0.200. The molecule has 0 saturated carbocycles. The van der Waals surface area contributed by atoms with E-state index >= 15 is 0 Å². The number of nitrogens with zero attached hydrogens (tertiary/aromatic N) is 2. The van der Waals surface area contributed by atoms with Crippen molar-refractivity contribution in [2.45, 2.75) is 65.3 Å². The van der Waals surface area contributed by atoms with Gasteiger partial charge in [-0.05, 0) is 79.1 Å². The van der Waals surface area contributed by atoms with Crippen LogP contribution in [0.15, 0.2) is 71.7 Å². The van der Waals surface area contributed by atoms with Crippen molar-refractivity contribution in [3.05, 3.63) is 89.0 Å². The molecule has 2 heterocycles. The van der Waals surface area contributed by atoms with E-state index in [9.17, 15) is 0 Å². The molecule has 0 radical (unpaired) electrons. The average Bonchev–Trinajstić information content (AvgIpc) is 3.43. The van der Waals surface area contributed by atoms with Crippen LogP contribution in [0.4, 0.5) is 0 Å². The van der Waals surface area contributed by atoms with E-state index < -0.39 is 0 Å². The summed E-state index contributed by atoms with van der Waals surface area (Å²) in [6.45, 7) is 10.4. The number of methoxy groups -OCH3 is 1. The fraction of sp³-hybridized carbons (Fsp3) is 0.424. The molecule has 0 fully saturated rings. The van der Waals surface area contributed by atoms with E-state index in [0.29, 0.717) is 19.1 Å². The number of fused-ring (bicyclic) bond motifs is 1. The van der Waals surface area contributed by atoms with Crippen molar-refractivity contribution >= 4 is 6.02 Å². The first-order valence-electron chi connectivity index (χ1n) is 14.0. The van der Waals surface area contributed by atoms with Crippen LogP contribution in [-0.4, -0.2) is 43.3 Å². The quantitative estimate of drug-likeness (QED) is 0.313. The van der Waals surface area contributed by atoms with E-state index in [2.05, 4.69) is 67.3 Å². The van der Waals surface area contributed by atoms with Gasteiger partial charge in [0, 0.05) is 6.54 Å². The fourth-order valence-corrected chi connectivity index (χ4v) is 5.24. The Morgan fingerprint density at radius 2 is 1.72 bits per heavy atom. The van der Waals surface area contributed by atoms with Gasteiger partial charge < -0.3 is 23.8 Å². The first-order valence-corrected chi connectivity index (χ1v) is 14.0. The van der Waals surface area contributed by atoms with Gasteiger partial charge in [0.15, 0.2) is 11.5 Å². The summed E-state index contributed by atoms with van der Waals surface area (Å²) in [7, 11) is 1.71. The van der Waals surface area contributed by atoms with Crippen molar-refractivity contribution in [1.29, 1.82) is 0 Å². The fourth-order valence-electron chi connectivity index (χ4n) is 5.24. The van der Waals surface area contributed by atoms with Crippen LogP contribution in [0.25, 0.3) is 0 Å². The highest BCUT2D eigenvalue weighted by Gasteiger charge is 2.35. The zero-order valence-corrected chi connectivity index (χ0v) is 23.7. The van der Waals surface area contributed by atoms with Gasteiger partial charge in [-0.1, -0.05) is 56.3 Å². The Kier molecular flexibility index (Phi) is 8.30. The first kappa shape index (κ1) is 26.9. The smallest absolute Gasteiger partial charge is 0.288 e. The normalized spacial score (nSPS) is 18.5. The van der Waals surface area contributed by atoms with Crippen molar-refractivity contribution in [3.63, 3.8) is 0 Å². The zero-order valence-electron chi connectivity index (χ0n) is 23.7. The van der Waals surface area contributed by atoms with Gasteiger partial charge in [-0.2, -0.15) is 0 Å². The molecule has 2 aliphatic heterocycles. The Balaban J connectivity index is 1.48. The van der Waals surface area contributed by atoms with Crippen LogP contribution in [0.1, 0.15) is 56.0 Å². The summed E-state index contributed by atoms with van der Waals surface area (Å²) < 4.78 is 24.2. The minimum absolute atomic E-state index is 0.0558. The zero-order chi connectivity index (χ0) is 27.4. The van der Waals surface area contributed by atoms with E-state index in [4.69, 9.17) is 23.9 Å². The molecule has 2 aliphatic rings. The van der Waals surface area contributed by atoms with Crippen LogP contribution >= 0.6 is 0 Å². The van der Waals surface area contributed by atoms with Crippen LogP contribution < -0.4 is 14.2 Å². The molecule has 3 aromatic carbocycles. The predicted octanol–water partition coefficient (Wildman–Crippen LogP) is 6.61. The molecule has 5 rings (SSSR count). The first-order chi connectivity index (χ1) is 18.9. The standard InChI is InChI=1S/C33H40N2O4/c1-22(2)29-21-38-33(34-29)35-16-15-26-18-31(36-5)32(37-20-25-9-7-6-8-10-25)19-28(26)30(35)17-24-11-13-27(14-12-24)39-23(3)4/h6-14,18-19,22-23,29-30H,15-17,20-21H2,1-5H3/t29-,30-/m1/s1. The molecular weight excluding hydrogens is 488 g/mol. The van der Waals surface area contributed by atoms with Crippen LogP contribution in [-0.2, 0) is 24.2 Å². The summed E-state index contributed by atoms with van der Waals surface area (Å²) in [6, 6.07) is 24.0. The molecule has 2 atom stereocenters. The maximum absolute atomic E-state index is 6.32. The molecule has 3 aromatic rings. The van der Waals surface area contributed by atoms with E-state index in [1.165, 1.54) is 16.7 Å². The second-order valence-corrected chi connectivity index (χ2v) is 11.0. The topological polar surface area (TPSA) is 52.5 Å². The maximum Gasteiger partial charge on any atom is 0.288 e. The lowest BCUT2D eigenvalue weighted by atomic mass is 9.88. The summed E-state index contributed by atoms with van der Waals surface area (Å²) in [5.74, 6) is 2.84. The lowest BCUT2D eigenvalue weighted by Crippen LogP contribution is -2.41. The molecular formula is C33H40N2O4. The monoisotopic (exact) mass is 528 g/mol. The summed E-state index contributed by atoms with van der Waals surface area (Å²) in [4.78, 5) is 7.34. The van der Waals surface area contributed by atoms with Gasteiger partial charge in [0.2, 0.25) is 0 Å². The van der Waals surface area contributed by atoms with E-state index in [0.717, 1.165) is 48.2 Å². The van der Waals surface area contributed by atoms with Gasteiger partial charge in [-0.25, -0.2) is 4.99 Å². The van der Waals surface area contributed by atoms with Crippen molar-refractivity contribution < 1.29 is 18.9 Å². The SMILES string of the molecule is COc1cc2c(cc1OCc1ccccc1)[C@@H](Cc1ccc(OC(C)C)cc1)N(C1=N[C@@H](C(C)C)CO1)CC2. The lowest BCUT2D eigenvalue weighted by Gasteiger charge is -2.38.